The number of nitrogens with zero attached hydrogens (tertiary/aromatic N) is 1. The number of aliphatic imine (C=N–C) groups is 1. The molecule has 1 atom stereocenters. The zero-order valence-electron chi connectivity index (χ0n) is 15.4. The van der Waals surface area contributed by atoms with E-state index in [1.165, 1.54) is 5.56 Å². The molecule has 5 heteroatoms. The van der Waals surface area contributed by atoms with Crippen LogP contribution in [-0.4, -0.2) is 35.8 Å². The third kappa shape index (κ3) is 7.15. The highest BCUT2D eigenvalue weighted by atomic mass is 16.3. The van der Waals surface area contributed by atoms with E-state index in [1.807, 2.05) is 49.4 Å². The summed E-state index contributed by atoms with van der Waals surface area (Å²) in [4.78, 5) is 4.58. The summed E-state index contributed by atoms with van der Waals surface area (Å²) in [5, 5.41) is 26.0. The molecule has 0 aliphatic rings. The van der Waals surface area contributed by atoms with Crippen molar-refractivity contribution in [1.82, 2.24) is 10.6 Å². The van der Waals surface area contributed by atoms with Gasteiger partial charge in [0, 0.05) is 19.6 Å². The maximum absolute atomic E-state index is 10.2. The van der Waals surface area contributed by atoms with Gasteiger partial charge in [0.2, 0.25) is 0 Å². The SMILES string of the molecule is CCNC(=NCCCc1ccc(O)cc1)NCCC(O)c1ccccc1. The first-order chi connectivity index (χ1) is 12.7. The van der Waals surface area contributed by atoms with Crippen LogP contribution in [0.5, 0.6) is 5.75 Å². The molecular weight excluding hydrogens is 326 g/mol. The second-order valence-electron chi connectivity index (χ2n) is 6.17. The Hall–Kier alpha value is -2.53. The van der Waals surface area contributed by atoms with Crippen LogP contribution >= 0.6 is 0 Å². The number of aliphatic hydroxyl groups excluding tert-OH is 1. The Bertz CT molecular complexity index is 657. The average Bonchev–Trinajstić information content (AvgIpc) is 2.67. The number of aromatic hydroxyl groups is 1. The van der Waals surface area contributed by atoms with Gasteiger partial charge in [-0.3, -0.25) is 4.99 Å². The van der Waals surface area contributed by atoms with Gasteiger partial charge in [0.1, 0.15) is 5.75 Å². The number of phenolic OH excluding ortho intramolecular Hbond substituents is 1. The summed E-state index contributed by atoms with van der Waals surface area (Å²) in [7, 11) is 0. The van der Waals surface area contributed by atoms with Crippen molar-refractivity contribution < 1.29 is 10.2 Å². The van der Waals surface area contributed by atoms with Crippen LogP contribution in [0.4, 0.5) is 0 Å². The Morgan fingerprint density at radius 3 is 2.46 bits per heavy atom. The summed E-state index contributed by atoms with van der Waals surface area (Å²) in [6, 6.07) is 17.0. The van der Waals surface area contributed by atoms with Crippen molar-refractivity contribution in [3.8, 4) is 5.75 Å². The van der Waals surface area contributed by atoms with E-state index in [0.717, 1.165) is 37.5 Å². The first kappa shape index (κ1) is 19.8. The lowest BCUT2D eigenvalue weighted by Crippen LogP contribution is -2.38. The van der Waals surface area contributed by atoms with Crippen molar-refractivity contribution in [2.24, 2.45) is 4.99 Å². The predicted molar refractivity (Wildman–Crippen MR) is 106 cm³/mol. The largest absolute Gasteiger partial charge is 0.508 e. The maximum Gasteiger partial charge on any atom is 0.191 e. The van der Waals surface area contributed by atoms with Gasteiger partial charge >= 0.3 is 0 Å². The second kappa shape index (κ2) is 11.2. The van der Waals surface area contributed by atoms with E-state index >= 15 is 0 Å². The Labute approximate surface area is 155 Å². The molecule has 0 fully saturated rings. The fraction of sp³-hybridized carbons (Fsp3) is 0.381. The van der Waals surface area contributed by atoms with E-state index in [-0.39, 0.29) is 0 Å². The Morgan fingerprint density at radius 2 is 1.77 bits per heavy atom. The highest BCUT2D eigenvalue weighted by Crippen LogP contribution is 2.14. The van der Waals surface area contributed by atoms with E-state index in [2.05, 4.69) is 15.6 Å². The summed E-state index contributed by atoms with van der Waals surface area (Å²) in [6.45, 7) is 4.20. The number of hydrogen-bond acceptors (Lipinski definition) is 3. The van der Waals surface area contributed by atoms with Crippen molar-refractivity contribution in [3.63, 3.8) is 0 Å². The van der Waals surface area contributed by atoms with E-state index in [0.29, 0.717) is 18.7 Å². The molecule has 2 rings (SSSR count). The first-order valence-electron chi connectivity index (χ1n) is 9.22. The smallest absolute Gasteiger partial charge is 0.191 e. The van der Waals surface area contributed by atoms with E-state index < -0.39 is 6.10 Å². The number of rotatable bonds is 9. The van der Waals surface area contributed by atoms with Gasteiger partial charge in [0.25, 0.3) is 0 Å². The lowest BCUT2D eigenvalue weighted by molar-refractivity contribution is 0.168. The first-order valence-corrected chi connectivity index (χ1v) is 9.22. The molecule has 0 saturated carbocycles. The molecule has 2 aromatic rings. The van der Waals surface area contributed by atoms with E-state index in [4.69, 9.17) is 0 Å². The second-order valence-corrected chi connectivity index (χ2v) is 6.17. The molecule has 0 aliphatic carbocycles. The molecule has 1 unspecified atom stereocenters. The number of hydrogen-bond donors (Lipinski definition) is 4. The van der Waals surface area contributed by atoms with Crippen molar-refractivity contribution in [2.75, 3.05) is 19.6 Å². The average molecular weight is 355 g/mol. The quantitative estimate of drug-likeness (QED) is 0.317. The van der Waals surface area contributed by atoms with Gasteiger partial charge in [-0.05, 0) is 49.4 Å². The molecule has 0 bridgehead atoms. The molecule has 0 amide bonds. The highest BCUT2D eigenvalue weighted by Gasteiger charge is 2.06. The number of aliphatic hydroxyl groups is 1. The third-order valence-electron chi connectivity index (χ3n) is 4.07. The minimum Gasteiger partial charge on any atom is -0.508 e. The van der Waals surface area contributed by atoms with Crippen molar-refractivity contribution in [1.29, 1.82) is 0 Å². The lowest BCUT2D eigenvalue weighted by Gasteiger charge is -2.14. The van der Waals surface area contributed by atoms with Crippen LogP contribution in [0.3, 0.4) is 0 Å². The van der Waals surface area contributed by atoms with Gasteiger partial charge in [0.15, 0.2) is 5.96 Å². The van der Waals surface area contributed by atoms with Gasteiger partial charge < -0.3 is 20.8 Å². The fourth-order valence-electron chi connectivity index (χ4n) is 2.65. The topological polar surface area (TPSA) is 76.9 Å². The van der Waals surface area contributed by atoms with Crippen molar-refractivity contribution in [2.45, 2.75) is 32.3 Å². The number of benzene rings is 2. The molecule has 0 aliphatic heterocycles. The summed E-state index contributed by atoms with van der Waals surface area (Å²) < 4.78 is 0. The molecule has 26 heavy (non-hydrogen) atoms. The van der Waals surface area contributed by atoms with Crippen LogP contribution in [0.2, 0.25) is 0 Å². The van der Waals surface area contributed by atoms with Gasteiger partial charge in [0.05, 0.1) is 6.10 Å². The standard InChI is InChI=1S/C21H29N3O2/c1-2-22-21(23-15-6-7-17-10-12-19(25)13-11-17)24-16-14-20(26)18-8-4-3-5-9-18/h3-5,8-13,20,25-26H,2,6-7,14-16H2,1H3,(H2,22,23,24). The number of phenols is 1. The molecule has 2 aromatic carbocycles. The predicted octanol–water partition coefficient (Wildman–Crippen LogP) is 3.00. The van der Waals surface area contributed by atoms with Crippen molar-refractivity contribution >= 4 is 5.96 Å². The third-order valence-corrected chi connectivity index (χ3v) is 4.07. The minimum atomic E-state index is -0.471. The number of aryl methyl sites for hydroxylation is 1. The molecular formula is C21H29N3O2. The van der Waals surface area contributed by atoms with Crippen molar-refractivity contribution in [3.05, 3.63) is 65.7 Å². The molecule has 0 spiro atoms. The maximum atomic E-state index is 10.2. The number of guanidine groups is 1. The molecule has 0 saturated heterocycles. The van der Waals surface area contributed by atoms with Crippen LogP contribution in [0.15, 0.2) is 59.6 Å². The van der Waals surface area contributed by atoms with E-state index in [9.17, 15) is 10.2 Å². The van der Waals surface area contributed by atoms with Gasteiger partial charge in [-0.25, -0.2) is 0 Å². The summed E-state index contributed by atoms with van der Waals surface area (Å²) in [6.07, 6.45) is 2.02. The molecule has 5 nitrogen and oxygen atoms in total. The minimum absolute atomic E-state index is 0.295. The molecule has 0 radical (unpaired) electrons. The summed E-state index contributed by atoms with van der Waals surface area (Å²) in [5.74, 6) is 1.07. The zero-order valence-corrected chi connectivity index (χ0v) is 15.4. The summed E-state index contributed by atoms with van der Waals surface area (Å²) >= 11 is 0. The van der Waals surface area contributed by atoms with Gasteiger partial charge in [-0.2, -0.15) is 0 Å². The highest BCUT2D eigenvalue weighted by molar-refractivity contribution is 5.79. The Morgan fingerprint density at radius 1 is 1.04 bits per heavy atom. The summed E-state index contributed by atoms with van der Waals surface area (Å²) in [5.41, 5.74) is 2.13. The molecule has 0 aromatic heterocycles. The molecule has 140 valence electrons. The fourth-order valence-corrected chi connectivity index (χ4v) is 2.65. The van der Waals surface area contributed by atoms with Crippen LogP contribution in [0.1, 0.15) is 37.0 Å². The zero-order chi connectivity index (χ0) is 18.6. The van der Waals surface area contributed by atoms with E-state index in [1.54, 1.807) is 12.1 Å². The molecule has 4 N–H and O–H groups in total. The van der Waals surface area contributed by atoms with Crippen LogP contribution in [0, 0.1) is 0 Å². The van der Waals surface area contributed by atoms with Gasteiger partial charge in [-0.1, -0.05) is 42.5 Å². The van der Waals surface area contributed by atoms with Gasteiger partial charge in [-0.15, -0.1) is 0 Å². The van der Waals surface area contributed by atoms with Crippen LogP contribution in [0.25, 0.3) is 0 Å². The Kier molecular flexibility index (Phi) is 8.49. The van der Waals surface area contributed by atoms with Crippen LogP contribution < -0.4 is 10.6 Å². The molecule has 0 heterocycles. The lowest BCUT2D eigenvalue weighted by atomic mass is 10.1. The number of nitrogens with one attached hydrogen (secondary N) is 2. The monoisotopic (exact) mass is 355 g/mol. The normalized spacial score (nSPS) is 12.6. The Balaban J connectivity index is 1.72. The van der Waals surface area contributed by atoms with Crippen LogP contribution in [-0.2, 0) is 6.42 Å².